The van der Waals surface area contributed by atoms with Gasteiger partial charge in [0.15, 0.2) is 11.8 Å². The number of esters is 1. The number of ether oxygens (including phenoxy) is 1. The summed E-state index contributed by atoms with van der Waals surface area (Å²) in [6.07, 6.45) is 11.4. The van der Waals surface area contributed by atoms with Crippen LogP contribution in [0.3, 0.4) is 0 Å². The zero-order valence-corrected chi connectivity index (χ0v) is 29.5. The second-order valence-electron chi connectivity index (χ2n) is 13.3. The van der Waals surface area contributed by atoms with Gasteiger partial charge in [-0.3, -0.25) is 24.0 Å². The number of hydrogen-bond acceptors (Lipinski definition) is 8. The van der Waals surface area contributed by atoms with Crippen molar-refractivity contribution < 1.29 is 29.3 Å². The molecule has 11 heteroatoms. The number of aryl methyl sites for hydroxylation is 1. The number of amides is 2. The lowest BCUT2D eigenvalue weighted by Gasteiger charge is -2.39. The first-order valence-electron chi connectivity index (χ1n) is 17.1. The Morgan fingerprint density at radius 3 is 2.52 bits per heavy atom. The van der Waals surface area contributed by atoms with E-state index in [1.807, 2.05) is 61.7 Å². The van der Waals surface area contributed by atoms with Gasteiger partial charge in [-0.25, -0.2) is 0 Å². The van der Waals surface area contributed by atoms with Crippen LogP contribution >= 0.6 is 0 Å². The average molecular weight is 682 g/mol. The van der Waals surface area contributed by atoms with Crippen LogP contribution in [0.5, 0.6) is 0 Å². The Morgan fingerprint density at radius 2 is 1.84 bits per heavy atom. The molecule has 2 aliphatic rings. The maximum absolute atomic E-state index is 14.2. The smallest absolute Gasteiger partial charge is 0.304 e. The molecule has 0 spiro atoms. The number of anilines is 2. The fourth-order valence-electron chi connectivity index (χ4n) is 6.47. The highest BCUT2D eigenvalue weighted by Gasteiger charge is 2.53. The SMILES string of the molecule is CC(=O)OC1CC(=O)N1c1ccc2c(c1)[C@](O)([C@@H](C)/C=C/CCn1cc(C(CO)c3ccccc3)nn1)C(=O)N2C/C=C(\C)CCC=C(C)C. The number of nitrogens with zero attached hydrogens (tertiary/aromatic N) is 5. The third kappa shape index (κ3) is 7.79. The summed E-state index contributed by atoms with van der Waals surface area (Å²) in [6.45, 7) is 9.96. The number of aliphatic hydroxyl groups is 2. The van der Waals surface area contributed by atoms with Crippen LogP contribution in [-0.4, -0.2) is 62.4 Å². The number of benzene rings is 2. The van der Waals surface area contributed by atoms with E-state index in [2.05, 4.69) is 30.2 Å². The molecule has 2 aliphatic heterocycles. The maximum atomic E-state index is 14.2. The van der Waals surface area contributed by atoms with Crippen molar-refractivity contribution in [1.29, 1.82) is 0 Å². The van der Waals surface area contributed by atoms with Gasteiger partial charge in [-0.15, -0.1) is 5.10 Å². The molecule has 0 bridgehead atoms. The maximum Gasteiger partial charge on any atom is 0.304 e. The normalized spacial score (nSPS) is 20.1. The molecular weight excluding hydrogens is 634 g/mol. The number of aromatic nitrogens is 3. The molecule has 0 radical (unpaired) electrons. The fraction of sp³-hybridized carbons (Fsp3) is 0.410. The van der Waals surface area contributed by atoms with Crippen molar-refractivity contribution in [2.75, 3.05) is 23.0 Å². The first-order valence-corrected chi connectivity index (χ1v) is 17.1. The summed E-state index contributed by atoms with van der Waals surface area (Å²) in [4.78, 5) is 41.4. The topological polar surface area (TPSA) is 138 Å². The molecule has 0 saturated carbocycles. The van der Waals surface area contributed by atoms with E-state index in [9.17, 15) is 24.6 Å². The Labute approximate surface area is 293 Å². The van der Waals surface area contributed by atoms with E-state index in [1.165, 1.54) is 17.4 Å². The predicted molar refractivity (Wildman–Crippen MR) is 191 cm³/mol. The molecular formula is C39H47N5O6. The molecule has 2 amide bonds. The minimum Gasteiger partial charge on any atom is -0.441 e. The van der Waals surface area contributed by atoms with Crippen LogP contribution in [0.4, 0.5) is 11.4 Å². The molecule has 1 fully saturated rings. The summed E-state index contributed by atoms with van der Waals surface area (Å²) in [6, 6.07) is 14.8. The lowest BCUT2D eigenvalue weighted by atomic mass is 9.82. The quantitative estimate of drug-likeness (QED) is 0.121. The average Bonchev–Trinajstić information content (AvgIpc) is 3.62. The van der Waals surface area contributed by atoms with Crippen molar-refractivity contribution in [2.45, 2.75) is 84.6 Å². The molecule has 2 N–H and O–H groups in total. The van der Waals surface area contributed by atoms with Crippen LogP contribution in [0.15, 0.2) is 90.2 Å². The molecule has 1 aromatic heterocycles. The van der Waals surface area contributed by atoms with Crippen molar-refractivity contribution in [3.63, 3.8) is 0 Å². The Hall–Kier alpha value is -4.87. The summed E-state index contributed by atoms with van der Waals surface area (Å²) < 4.78 is 7.03. The van der Waals surface area contributed by atoms with Crippen molar-refractivity contribution in [1.82, 2.24) is 15.0 Å². The summed E-state index contributed by atoms with van der Waals surface area (Å²) >= 11 is 0. The highest BCUT2D eigenvalue weighted by atomic mass is 16.6. The van der Waals surface area contributed by atoms with Crippen LogP contribution in [0.1, 0.15) is 83.0 Å². The van der Waals surface area contributed by atoms with Gasteiger partial charge in [0.2, 0.25) is 5.91 Å². The first-order chi connectivity index (χ1) is 23.9. The van der Waals surface area contributed by atoms with Crippen LogP contribution in [-0.2, 0) is 31.3 Å². The summed E-state index contributed by atoms with van der Waals surface area (Å²) in [5, 5.41) is 30.8. The number of rotatable bonds is 15. The largest absolute Gasteiger partial charge is 0.441 e. The van der Waals surface area contributed by atoms with Gasteiger partial charge < -0.3 is 19.8 Å². The molecule has 264 valence electrons. The van der Waals surface area contributed by atoms with Gasteiger partial charge in [0.25, 0.3) is 5.91 Å². The molecule has 50 heavy (non-hydrogen) atoms. The van der Waals surface area contributed by atoms with Gasteiger partial charge in [-0.1, -0.05) is 77.9 Å². The van der Waals surface area contributed by atoms with Gasteiger partial charge in [0.05, 0.1) is 30.3 Å². The lowest BCUT2D eigenvalue weighted by Crippen LogP contribution is -2.55. The van der Waals surface area contributed by atoms with E-state index < -0.39 is 29.6 Å². The predicted octanol–water partition coefficient (Wildman–Crippen LogP) is 5.54. The number of β-lactam (4-membered cyclic amide) rings is 1. The minimum atomic E-state index is -1.90. The number of carbonyl (C=O) groups is 3. The van der Waals surface area contributed by atoms with E-state index in [0.717, 1.165) is 24.0 Å². The molecule has 3 aromatic rings. The molecule has 1 saturated heterocycles. The molecule has 2 unspecified atom stereocenters. The standard InChI is InChI=1S/C39H47N5O6/c1-26(2)12-11-13-27(3)19-21-43-35-18-17-31(44-36(47)23-37(44)50-29(5)46)22-33(35)39(49,38(43)48)28(4)14-9-10-20-42-24-34(40-41-42)32(25-45)30-15-7-6-8-16-30/h6-9,12,14-19,22,24,28,32,37,45,49H,10-11,13,20-21,23,25H2,1-5H3/b14-9+,27-19+/t28-,32?,37?,39+/m0/s1. The molecule has 3 heterocycles. The minimum absolute atomic E-state index is 0.0715. The van der Waals surface area contributed by atoms with Crippen molar-refractivity contribution in [3.05, 3.63) is 107 Å². The van der Waals surface area contributed by atoms with Crippen LogP contribution < -0.4 is 9.80 Å². The van der Waals surface area contributed by atoms with Crippen LogP contribution in [0.25, 0.3) is 0 Å². The molecule has 4 atom stereocenters. The Kier molecular flexibility index (Phi) is 11.5. The van der Waals surface area contributed by atoms with E-state index in [1.54, 1.807) is 34.7 Å². The lowest BCUT2D eigenvalue weighted by molar-refractivity contribution is -0.153. The molecule has 11 nitrogen and oxygen atoms in total. The second kappa shape index (κ2) is 15.8. The first kappa shape index (κ1) is 36.4. The van der Waals surface area contributed by atoms with Crippen LogP contribution in [0.2, 0.25) is 0 Å². The number of allylic oxidation sites excluding steroid dienone is 4. The van der Waals surface area contributed by atoms with E-state index in [-0.39, 0.29) is 31.4 Å². The zero-order chi connectivity index (χ0) is 36.0. The summed E-state index contributed by atoms with van der Waals surface area (Å²) in [5.74, 6) is -2.06. The Bertz CT molecular complexity index is 1790. The molecule has 2 aromatic carbocycles. The van der Waals surface area contributed by atoms with E-state index in [0.29, 0.717) is 35.6 Å². The highest BCUT2D eigenvalue weighted by Crippen LogP contribution is 2.47. The summed E-state index contributed by atoms with van der Waals surface area (Å²) in [7, 11) is 0. The van der Waals surface area contributed by atoms with Gasteiger partial charge in [-0.2, -0.15) is 0 Å². The third-order valence-corrected chi connectivity index (χ3v) is 9.36. The zero-order valence-electron chi connectivity index (χ0n) is 29.5. The van der Waals surface area contributed by atoms with E-state index >= 15 is 0 Å². The number of fused-ring (bicyclic) bond motifs is 1. The molecule has 5 rings (SSSR count). The van der Waals surface area contributed by atoms with Gasteiger partial charge in [0.1, 0.15) is 0 Å². The van der Waals surface area contributed by atoms with Crippen LogP contribution in [0, 0.1) is 5.92 Å². The highest BCUT2D eigenvalue weighted by molar-refractivity contribution is 6.09. The van der Waals surface area contributed by atoms with Crippen molar-refractivity contribution >= 4 is 29.2 Å². The Balaban J connectivity index is 1.35. The summed E-state index contributed by atoms with van der Waals surface area (Å²) in [5.41, 5.74) is 3.53. The second-order valence-corrected chi connectivity index (χ2v) is 13.3. The van der Waals surface area contributed by atoms with Crippen molar-refractivity contribution in [3.8, 4) is 0 Å². The number of hydrogen-bond donors (Lipinski definition) is 2. The van der Waals surface area contributed by atoms with Gasteiger partial charge >= 0.3 is 5.97 Å². The monoisotopic (exact) mass is 681 g/mol. The van der Waals surface area contributed by atoms with E-state index in [4.69, 9.17) is 4.74 Å². The van der Waals surface area contributed by atoms with Crippen molar-refractivity contribution in [2.24, 2.45) is 5.92 Å². The Morgan fingerprint density at radius 1 is 1.08 bits per heavy atom. The van der Waals surface area contributed by atoms with Gasteiger partial charge in [0, 0.05) is 43.4 Å². The third-order valence-electron chi connectivity index (χ3n) is 9.36. The fourth-order valence-corrected chi connectivity index (χ4v) is 6.47. The number of carbonyl (C=O) groups excluding carboxylic acids is 3. The molecule has 0 aliphatic carbocycles. The van der Waals surface area contributed by atoms with Gasteiger partial charge in [-0.05, 0) is 63.8 Å². The number of aliphatic hydroxyl groups excluding tert-OH is 1.